The summed E-state index contributed by atoms with van der Waals surface area (Å²) < 4.78 is 4.84. The molecule has 1 rings (SSSR count). The fourth-order valence-corrected chi connectivity index (χ4v) is 3.81. The quantitative estimate of drug-likeness (QED) is 0.773. The first kappa shape index (κ1) is 14.5. The van der Waals surface area contributed by atoms with E-state index >= 15 is 0 Å². The van der Waals surface area contributed by atoms with Crippen molar-refractivity contribution in [2.75, 3.05) is 7.11 Å². The molecule has 0 amide bonds. The van der Waals surface area contributed by atoms with E-state index in [4.69, 9.17) is 10.5 Å². The molecule has 1 fully saturated rings. The maximum atomic E-state index is 11.6. The number of nitrogens with two attached hydrogens (primary N) is 1. The summed E-state index contributed by atoms with van der Waals surface area (Å²) in [6.07, 6.45) is 3.71. The smallest absolute Gasteiger partial charge is 0.306 e. The Morgan fingerprint density at radius 2 is 2.06 bits per heavy atom. The number of esters is 1. The molecule has 3 nitrogen and oxygen atoms in total. The van der Waals surface area contributed by atoms with Crippen molar-refractivity contribution >= 4 is 5.97 Å². The van der Waals surface area contributed by atoms with Crippen molar-refractivity contribution in [3.8, 4) is 0 Å². The Balaban J connectivity index is 2.94. The second-order valence-corrected chi connectivity index (χ2v) is 6.76. The van der Waals surface area contributed by atoms with Gasteiger partial charge in [-0.25, -0.2) is 0 Å². The van der Waals surface area contributed by atoms with Gasteiger partial charge in [0.2, 0.25) is 0 Å². The van der Waals surface area contributed by atoms with Crippen LogP contribution in [0, 0.1) is 16.7 Å². The standard InChI is InChI=1S/C14H27NO2/c1-10-6-13(3,4)9-14(7-10,11(2)15)8-12(16)17-5/h10-11H,6-9,15H2,1-5H3. The van der Waals surface area contributed by atoms with E-state index in [1.54, 1.807) is 0 Å². The van der Waals surface area contributed by atoms with Crippen LogP contribution in [-0.2, 0) is 9.53 Å². The molecule has 3 heteroatoms. The first-order valence-electron chi connectivity index (χ1n) is 6.53. The molecule has 3 atom stereocenters. The van der Waals surface area contributed by atoms with Crippen LogP contribution in [0.2, 0.25) is 0 Å². The summed E-state index contributed by atoms with van der Waals surface area (Å²) in [6.45, 7) is 8.83. The zero-order chi connectivity index (χ0) is 13.3. The monoisotopic (exact) mass is 241 g/mol. The van der Waals surface area contributed by atoms with Gasteiger partial charge in [-0.3, -0.25) is 4.79 Å². The summed E-state index contributed by atoms with van der Waals surface area (Å²) in [6, 6.07) is 0.0311. The molecule has 1 aliphatic carbocycles. The van der Waals surface area contributed by atoms with E-state index in [0.29, 0.717) is 12.3 Å². The number of methoxy groups -OCH3 is 1. The van der Waals surface area contributed by atoms with Crippen molar-refractivity contribution in [3.63, 3.8) is 0 Å². The molecule has 1 saturated carbocycles. The van der Waals surface area contributed by atoms with Gasteiger partial charge in [-0.15, -0.1) is 0 Å². The third kappa shape index (κ3) is 3.44. The Labute approximate surface area is 105 Å². The number of rotatable bonds is 3. The number of hydrogen-bond donors (Lipinski definition) is 1. The van der Waals surface area contributed by atoms with Gasteiger partial charge >= 0.3 is 5.97 Å². The minimum atomic E-state index is -0.132. The van der Waals surface area contributed by atoms with Crippen LogP contribution in [-0.4, -0.2) is 19.1 Å². The molecule has 0 aliphatic heterocycles. The van der Waals surface area contributed by atoms with E-state index < -0.39 is 0 Å². The van der Waals surface area contributed by atoms with Crippen molar-refractivity contribution in [2.45, 2.75) is 59.4 Å². The average molecular weight is 241 g/mol. The minimum Gasteiger partial charge on any atom is -0.469 e. The van der Waals surface area contributed by atoms with Crippen LogP contribution in [0.5, 0.6) is 0 Å². The van der Waals surface area contributed by atoms with Crippen molar-refractivity contribution in [1.82, 2.24) is 0 Å². The van der Waals surface area contributed by atoms with Crippen LogP contribution in [0.15, 0.2) is 0 Å². The van der Waals surface area contributed by atoms with E-state index in [1.165, 1.54) is 13.5 Å². The highest BCUT2D eigenvalue weighted by Crippen LogP contribution is 2.51. The zero-order valence-electron chi connectivity index (χ0n) is 11.9. The lowest BCUT2D eigenvalue weighted by Gasteiger charge is -2.49. The molecule has 2 N–H and O–H groups in total. The molecule has 3 unspecified atom stereocenters. The Morgan fingerprint density at radius 1 is 1.47 bits per heavy atom. The molecular weight excluding hydrogens is 214 g/mol. The van der Waals surface area contributed by atoms with Gasteiger partial charge in [0.15, 0.2) is 0 Å². The molecular formula is C14H27NO2. The summed E-state index contributed by atoms with van der Waals surface area (Å²) in [5, 5.41) is 0. The van der Waals surface area contributed by atoms with E-state index in [-0.39, 0.29) is 22.8 Å². The molecule has 0 aromatic rings. The predicted octanol–water partition coefficient (Wildman–Crippen LogP) is 2.73. The fourth-order valence-electron chi connectivity index (χ4n) is 3.81. The highest BCUT2D eigenvalue weighted by molar-refractivity contribution is 5.70. The summed E-state index contributed by atoms with van der Waals surface area (Å²) in [5.74, 6) is 0.488. The maximum absolute atomic E-state index is 11.6. The first-order valence-corrected chi connectivity index (χ1v) is 6.53. The SMILES string of the molecule is COC(=O)CC1(C(C)N)CC(C)CC(C)(C)C1. The maximum Gasteiger partial charge on any atom is 0.306 e. The molecule has 0 bridgehead atoms. The molecule has 0 aromatic carbocycles. The summed E-state index contributed by atoms with van der Waals surface area (Å²) in [4.78, 5) is 11.6. The Kier molecular flexibility index (Phi) is 4.23. The third-order valence-corrected chi connectivity index (χ3v) is 4.18. The largest absolute Gasteiger partial charge is 0.469 e. The van der Waals surface area contributed by atoms with Gasteiger partial charge in [-0.1, -0.05) is 20.8 Å². The summed E-state index contributed by atoms with van der Waals surface area (Å²) >= 11 is 0. The average Bonchev–Trinajstić information content (AvgIpc) is 2.13. The van der Waals surface area contributed by atoms with Gasteiger partial charge in [0.1, 0.15) is 0 Å². The van der Waals surface area contributed by atoms with E-state index in [2.05, 4.69) is 20.8 Å². The van der Waals surface area contributed by atoms with Crippen molar-refractivity contribution in [3.05, 3.63) is 0 Å². The summed E-state index contributed by atoms with van der Waals surface area (Å²) in [5.41, 5.74) is 6.35. The number of carbonyl (C=O) groups excluding carboxylic acids is 1. The lowest BCUT2D eigenvalue weighted by molar-refractivity contribution is -0.145. The normalized spacial score (nSPS) is 34.1. The van der Waals surface area contributed by atoms with E-state index in [9.17, 15) is 4.79 Å². The van der Waals surface area contributed by atoms with E-state index in [0.717, 1.165) is 12.8 Å². The number of hydrogen-bond acceptors (Lipinski definition) is 3. The minimum absolute atomic E-state index is 0.0311. The van der Waals surface area contributed by atoms with Crippen LogP contribution >= 0.6 is 0 Å². The van der Waals surface area contributed by atoms with Gasteiger partial charge < -0.3 is 10.5 Å². The molecule has 17 heavy (non-hydrogen) atoms. The van der Waals surface area contributed by atoms with Gasteiger partial charge in [-0.2, -0.15) is 0 Å². The Morgan fingerprint density at radius 3 is 2.47 bits per heavy atom. The lowest BCUT2D eigenvalue weighted by atomic mass is 9.57. The van der Waals surface area contributed by atoms with Crippen LogP contribution in [0.25, 0.3) is 0 Å². The molecule has 0 radical (unpaired) electrons. The first-order chi connectivity index (χ1) is 7.71. The molecule has 0 heterocycles. The third-order valence-electron chi connectivity index (χ3n) is 4.18. The van der Waals surface area contributed by atoms with Gasteiger partial charge in [0, 0.05) is 6.04 Å². The highest BCUT2D eigenvalue weighted by Gasteiger charge is 2.46. The molecule has 0 spiro atoms. The van der Waals surface area contributed by atoms with Crippen molar-refractivity contribution in [2.24, 2.45) is 22.5 Å². The van der Waals surface area contributed by atoms with Gasteiger partial charge in [0.25, 0.3) is 0 Å². The topological polar surface area (TPSA) is 52.3 Å². The van der Waals surface area contributed by atoms with Crippen LogP contribution in [0.1, 0.15) is 53.4 Å². The Bertz CT molecular complexity index is 286. The van der Waals surface area contributed by atoms with Crippen LogP contribution < -0.4 is 5.73 Å². The number of carbonyl (C=O) groups is 1. The zero-order valence-corrected chi connectivity index (χ0v) is 11.9. The highest BCUT2D eigenvalue weighted by atomic mass is 16.5. The second kappa shape index (κ2) is 4.97. The second-order valence-electron chi connectivity index (χ2n) is 6.76. The summed E-state index contributed by atoms with van der Waals surface area (Å²) in [7, 11) is 1.45. The molecule has 1 aliphatic rings. The molecule has 0 aromatic heterocycles. The van der Waals surface area contributed by atoms with Crippen LogP contribution in [0.4, 0.5) is 0 Å². The molecule has 100 valence electrons. The Hall–Kier alpha value is -0.570. The predicted molar refractivity (Wildman–Crippen MR) is 69.5 cm³/mol. The van der Waals surface area contributed by atoms with Gasteiger partial charge in [-0.05, 0) is 42.9 Å². The van der Waals surface area contributed by atoms with Crippen molar-refractivity contribution in [1.29, 1.82) is 0 Å². The van der Waals surface area contributed by atoms with Gasteiger partial charge in [0.05, 0.1) is 13.5 Å². The fraction of sp³-hybridized carbons (Fsp3) is 0.929. The number of ether oxygens (including phenoxy) is 1. The lowest BCUT2D eigenvalue weighted by Crippen LogP contribution is -2.48. The van der Waals surface area contributed by atoms with E-state index in [1.807, 2.05) is 6.92 Å². The molecule has 0 saturated heterocycles. The van der Waals surface area contributed by atoms with Crippen LogP contribution in [0.3, 0.4) is 0 Å². The van der Waals surface area contributed by atoms with Crippen molar-refractivity contribution < 1.29 is 9.53 Å².